The van der Waals surface area contributed by atoms with E-state index in [4.69, 9.17) is 0 Å². The van der Waals surface area contributed by atoms with Gasteiger partial charge in [-0.15, -0.1) is 0 Å². The molecule has 0 amide bonds. The average Bonchev–Trinajstić information content (AvgIpc) is 3.07. The lowest BCUT2D eigenvalue weighted by Crippen LogP contribution is -2.12. The van der Waals surface area contributed by atoms with Gasteiger partial charge in [-0.1, -0.05) is 108 Å². The van der Waals surface area contributed by atoms with Crippen molar-refractivity contribution in [2.24, 2.45) is 0 Å². The maximum absolute atomic E-state index is 2.40. The molecule has 2 heteroatoms. The molecule has 0 saturated heterocycles. The molecular weight excluding hydrogens is 532 g/mol. The lowest BCUT2D eigenvalue weighted by atomic mass is 9.91. The van der Waals surface area contributed by atoms with Crippen LogP contribution in [0.4, 0.5) is 34.1 Å². The summed E-state index contributed by atoms with van der Waals surface area (Å²) in [4.78, 5) is 4.78. The van der Waals surface area contributed by atoms with Crippen molar-refractivity contribution in [2.45, 2.75) is 13.8 Å². The van der Waals surface area contributed by atoms with Crippen molar-refractivity contribution in [1.29, 1.82) is 0 Å². The number of rotatable bonds is 6. The van der Waals surface area contributed by atoms with Gasteiger partial charge >= 0.3 is 0 Å². The predicted octanol–water partition coefficient (Wildman–Crippen LogP) is 12.1. The van der Waals surface area contributed by atoms with E-state index >= 15 is 0 Å². The third kappa shape index (κ3) is 4.35. The van der Waals surface area contributed by atoms with Crippen LogP contribution in [0, 0.1) is 13.8 Å². The van der Waals surface area contributed by atoms with Crippen molar-refractivity contribution in [3.05, 3.63) is 169 Å². The van der Waals surface area contributed by atoms with Gasteiger partial charge in [0.05, 0.1) is 11.4 Å². The first-order valence-corrected chi connectivity index (χ1v) is 15.2. The standard InChI is InChI=1S/C42H32N2/c1-29-16-22-35(23-17-29)43(33-11-5-3-6-12-33)39-27-21-32-28-40(37-15-9-10-31-20-26-38(39)42(32)41(31)37)44(34-13-7-4-8-14-34)36-24-18-30(2)19-25-36/h3-28H,1-2H3. The van der Waals surface area contributed by atoms with E-state index in [0.717, 1.165) is 22.7 Å². The summed E-state index contributed by atoms with van der Waals surface area (Å²) in [6.45, 7) is 4.28. The van der Waals surface area contributed by atoms with Gasteiger partial charge in [-0.3, -0.25) is 0 Å². The molecule has 0 aliphatic carbocycles. The number of benzene rings is 8. The SMILES string of the molecule is Cc1ccc(N(c2ccccc2)c2cc3ccc(N(c4ccccc4)c4ccc(C)cc4)c4ccc5cccc2c5c34)cc1. The van der Waals surface area contributed by atoms with Gasteiger partial charge in [-0.25, -0.2) is 0 Å². The number of para-hydroxylation sites is 2. The first-order valence-electron chi connectivity index (χ1n) is 15.2. The molecule has 0 saturated carbocycles. The molecular formula is C42H32N2. The van der Waals surface area contributed by atoms with Crippen LogP contribution in [0.5, 0.6) is 0 Å². The van der Waals surface area contributed by atoms with E-state index in [1.54, 1.807) is 0 Å². The van der Waals surface area contributed by atoms with Crippen molar-refractivity contribution < 1.29 is 0 Å². The van der Waals surface area contributed by atoms with Crippen molar-refractivity contribution in [1.82, 2.24) is 0 Å². The predicted molar refractivity (Wildman–Crippen MR) is 189 cm³/mol. The zero-order chi connectivity index (χ0) is 29.6. The van der Waals surface area contributed by atoms with Gasteiger partial charge in [-0.2, -0.15) is 0 Å². The molecule has 44 heavy (non-hydrogen) atoms. The topological polar surface area (TPSA) is 6.48 Å². The number of hydrogen-bond donors (Lipinski definition) is 0. The Morgan fingerprint density at radius 3 is 1.41 bits per heavy atom. The Labute approximate surface area is 258 Å². The van der Waals surface area contributed by atoms with E-state index in [1.165, 1.54) is 54.8 Å². The maximum atomic E-state index is 2.40. The number of anilines is 6. The first kappa shape index (κ1) is 26.1. The largest absolute Gasteiger partial charge is 0.310 e. The van der Waals surface area contributed by atoms with E-state index in [9.17, 15) is 0 Å². The zero-order valence-electron chi connectivity index (χ0n) is 24.9. The second-order valence-corrected chi connectivity index (χ2v) is 11.6. The third-order valence-electron chi connectivity index (χ3n) is 8.69. The Morgan fingerprint density at radius 2 is 0.818 bits per heavy atom. The molecule has 0 aromatic heterocycles. The second kappa shape index (κ2) is 10.6. The van der Waals surface area contributed by atoms with Crippen LogP contribution in [-0.4, -0.2) is 0 Å². The van der Waals surface area contributed by atoms with Crippen LogP contribution in [0.25, 0.3) is 32.3 Å². The zero-order valence-corrected chi connectivity index (χ0v) is 24.9. The highest BCUT2D eigenvalue weighted by molar-refractivity contribution is 6.29. The van der Waals surface area contributed by atoms with Crippen LogP contribution in [0.3, 0.4) is 0 Å². The van der Waals surface area contributed by atoms with Crippen LogP contribution >= 0.6 is 0 Å². The molecule has 8 rings (SSSR count). The summed E-state index contributed by atoms with van der Waals surface area (Å²) in [6.07, 6.45) is 0. The molecule has 0 aliphatic heterocycles. The lowest BCUT2D eigenvalue weighted by Gasteiger charge is -2.30. The molecule has 8 aromatic rings. The minimum absolute atomic E-state index is 1.14. The minimum Gasteiger partial charge on any atom is -0.310 e. The van der Waals surface area contributed by atoms with Crippen LogP contribution in [0.15, 0.2) is 158 Å². The Kier molecular flexibility index (Phi) is 6.27. The summed E-state index contributed by atoms with van der Waals surface area (Å²) in [5.41, 5.74) is 9.42. The summed E-state index contributed by atoms with van der Waals surface area (Å²) in [5, 5.41) is 7.55. The number of aryl methyl sites for hydroxylation is 2. The molecule has 210 valence electrons. The molecule has 0 radical (unpaired) electrons. The van der Waals surface area contributed by atoms with Gasteiger partial charge in [0.25, 0.3) is 0 Å². The van der Waals surface area contributed by atoms with Crippen LogP contribution in [0.1, 0.15) is 11.1 Å². The van der Waals surface area contributed by atoms with Gasteiger partial charge in [-0.05, 0) is 96.1 Å². The summed E-state index contributed by atoms with van der Waals surface area (Å²) in [7, 11) is 0. The van der Waals surface area contributed by atoms with E-state index in [1.807, 2.05) is 0 Å². The Bertz CT molecular complexity index is 2210. The summed E-state index contributed by atoms with van der Waals surface area (Å²) < 4.78 is 0. The molecule has 8 aromatic carbocycles. The minimum atomic E-state index is 1.14. The molecule has 0 unspecified atom stereocenters. The van der Waals surface area contributed by atoms with Gasteiger partial charge in [0, 0.05) is 33.5 Å². The van der Waals surface area contributed by atoms with E-state index in [2.05, 4.69) is 181 Å². The summed E-state index contributed by atoms with van der Waals surface area (Å²) >= 11 is 0. The Balaban J connectivity index is 1.42. The second-order valence-electron chi connectivity index (χ2n) is 11.6. The van der Waals surface area contributed by atoms with Crippen molar-refractivity contribution in [3.8, 4) is 0 Å². The van der Waals surface area contributed by atoms with Gasteiger partial charge in [0.1, 0.15) is 0 Å². The molecule has 0 N–H and O–H groups in total. The molecule has 0 atom stereocenters. The average molecular weight is 565 g/mol. The first-order chi connectivity index (χ1) is 21.7. The van der Waals surface area contributed by atoms with Gasteiger partial charge in [0.15, 0.2) is 0 Å². The number of hydrogen-bond acceptors (Lipinski definition) is 2. The highest BCUT2D eigenvalue weighted by Gasteiger charge is 2.22. The summed E-state index contributed by atoms with van der Waals surface area (Å²) in [5.74, 6) is 0. The third-order valence-corrected chi connectivity index (χ3v) is 8.69. The van der Waals surface area contributed by atoms with Gasteiger partial charge < -0.3 is 9.80 Å². The normalized spacial score (nSPS) is 11.4. The smallest absolute Gasteiger partial charge is 0.0546 e. The highest BCUT2D eigenvalue weighted by atomic mass is 15.1. The molecule has 2 nitrogen and oxygen atoms in total. The van der Waals surface area contributed by atoms with Crippen molar-refractivity contribution in [2.75, 3.05) is 9.80 Å². The van der Waals surface area contributed by atoms with E-state index in [-0.39, 0.29) is 0 Å². The van der Waals surface area contributed by atoms with E-state index in [0.29, 0.717) is 0 Å². The highest BCUT2D eigenvalue weighted by Crippen LogP contribution is 2.48. The maximum Gasteiger partial charge on any atom is 0.0546 e. The quantitative estimate of drug-likeness (QED) is 0.185. The van der Waals surface area contributed by atoms with Crippen molar-refractivity contribution >= 4 is 66.4 Å². The fourth-order valence-corrected chi connectivity index (χ4v) is 6.57. The molecule has 0 aliphatic rings. The molecule has 0 heterocycles. The Hall–Kier alpha value is -5.60. The van der Waals surface area contributed by atoms with Gasteiger partial charge in [0.2, 0.25) is 0 Å². The fraction of sp³-hybridized carbons (Fsp3) is 0.0476. The van der Waals surface area contributed by atoms with Crippen LogP contribution in [0.2, 0.25) is 0 Å². The monoisotopic (exact) mass is 564 g/mol. The fourth-order valence-electron chi connectivity index (χ4n) is 6.57. The van der Waals surface area contributed by atoms with Crippen LogP contribution in [-0.2, 0) is 0 Å². The van der Waals surface area contributed by atoms with Crippen LogP contribution < -0.4 is 9.80 Å². The van der Waals surface area contributed by atoms with E-state index < -0.39 is 0 Å². The molecule has 0 fully saturated rings. The number of nitrogens with zero attached hydrogens (tertiary/aromatic N) is 2. The summed E-state index contributed by atoms with van der Waals surface area (Å²) in [6, 6.07) is 57.3. The molecule has 0 spiro atoms. The van der Waals surface area contributed by atoms with Crippen molar-refractivity contribution in [3.63, 3.8) is 0 Å². The molecule has 0 bridgehead atoms. The Morgan fingerprint density at radius 1 is 0.341 bits per heavy atom. The lowest BCUT2D eigenvalue weighted by molar-refractivity contribution is 1.29.